The Morgan fingerprint density at radius 2 is 1.73 bits per heavy atom. The molecular formula is C14H16F3NO3S. The molecule has 0 heterocycles. The van der Waals surface area contributed by atoms with E-state index in [1.54, 1.807) is 0 Å². The lowest BCUT2D eigenvalue weighted by Gasteiger charge is -2.29. The van der Waals surface area contributed by atoms with Crippen LogP contribution in [0.2, 0.25) is 0 Å². The second-order valence-electron chi connectivity index (χ2n) is 5.54. The summed E-state index contributed by atoms with van der Waals surface area (Å²) in [6.45, 7) is 0. The summed E-state index contributed by atoms with van der Waals surface area (Å²) in [6, 6.07) is 0.669. The first-order valence-electron chi connectivity index (χ1n) is 6.73. The number of rotatable bonds is 3. The van der Waals surface area contributed by atoms with Gasteiger partial charge in [0.1, 0.15) is 0 Å². The molecule has 1 aromatic rings. The number of benzene rings is 1. The molecule has 1 aliphatic carbocycles. The Bertz CT molecular complexity index is 682. The minimum Gasteiger partial charge on any atom is -0.337 e. The van der Waals surface area contributed by atoms with Gasteiger partial charge in [-0.25, -0.2) is 21.6 Å². The fourth-order valence-corrected chi connectivity index (χ4v) is 4.37. The molecule has 1 fully saturated rings. The zero-order chi connectivity index (χ0) is 16.7. The van der Waals surface area contributed by atoms with Crippen LogP contribution in [0.5, 0.6) is 0 Å². The first kappa shape index (κ1) is 16.8. The molecule has 0 radical (unpaired) electrons. The minimum absolute atomic E-state index is 0.349. The lowest BCUT2D eigenvalue weighted by atomic mass is 10.1. The summed E-state index contributed by atoms with van der Waals surface area (Å²) < 4.78 is 62.9. The van der Waals surface area contributed by atoms with Crippen LogP contribution in [0.25, 0.3) is 0 Å². The number of carbonyl (C=O) groups is 1. The summed E-state index contributed by atoms with van der Waals surface area (Å²) in [5, 5.41) is -0.698. The second-order valence-corrected chi connectivity index (χ2v) is 7.80. The first-order chi connectivity index (χ1) is 10.1. The smallest absolute Gasteiger partial charge is 0.254 e. The van der Waals surface area contributed by atoms with Crippen LogP contribution in [0, 0.1) is 17.5 Å². The highest BCUT2D eigenvalue weighted by Crippen LogP contribution is 2.29. The average Bonchev–Trinajstić information content (AvgIpc) is 2.92. The zero-order valence-electron chi connectivity index (χ0n) is 12.1. The monoisotopic (exact) mass is 335 g/mol. The molecule has 2 rings (SSSR count). The van der Waals surface area contributed by atoms with Gasteiger partial charge in [-0.15, -0.1) is 0 Å². The Kier molecular flexibility index (Phi) is 4.51. The van der Waals surface area contributed by atoms with Crippen molar-refractivity contribution in [2.24, 2.45) is 0 Å². The van der Waals surface area contributed by atoms with E-state index in [0.717, 1.165) is 6.26 Å². The van der Waals surface area contributed by atoms with Gasteiger partial charge in [0.15, 0.2) is 27.3 Å². The van der Waals surface area contributed by atoms with Crippen LogP contribution in [-0.4, -0.2) is 43.8 Å². The van der Waals surface area contributed by atoms with Gasteiger partial charge >= 0.3 is 0 Å². The molecule has 0 saturated heterocycles. The normalized spacial score (nSPS) is 21.9. The molecule has 0 aliphatic heterocycles. The van der Waals surface area contributed by atoms with E-state index in [9.17, 15) is 26.4 Å². The topological polar surface area (TPSA) is 54.5 Å². The Morgan fingerprint density at radius 3 is 2.23 bits per heavy atom. The van der Waals surface area contributed by atoms with Crippen molar-refractivity contribution in [3.8, 4) is 0 Å². The van der Waals surface area contributed by atoms with Crippen LogP contribution in [0.1, 0.15) is 29.6 Å². The van der Waals surface area contributed by atoms with Crippen molar-refractivity contribution < 1.29 is 26.4 Å². The number of hydrogen-bond donors (Lipinski definition) is 0. The third-order valence-electron chi connectivity index (χ3n) is 4.02. The molecule has 0 aromatic heterocycles. The van der Waals surface area contributed by atoms with Crippen molar-refractivity contribution in [2.75, 3.05) is 13.3 Å². The van der Waals surface area contributed by atoms with Gasteiger partial charge in [-0.05, 0) is 31.4 Å². The Balaban J connectivity index is 2.30. The second kappa shape index (κ2) is 5.91. The molecule has 4 nitrogen and oxygen atoms in total. The molecule has 0 bridgehead atoms. The van der Waals surface area contributed by atoms with E-state index in [1.807, 2.05) is 0 Å². The van der Waals surface area contributed by atoms with Crippen molar-refractivity contribution >= 4 is 15.7 Å². The van der Waals surface area contributed by atoms with Crippen molar-refractivity contribution in [3.63, 3.8) is 0 Å². The highest BCUT2D eigenvalue weighted by Gasteiger charge is 2.39. The van der Waals surface area contributed by atoms with Gasteiger partial charge in [0.2, 0.25) is 0 Å². The van der Waals surface area contributed by atoms with Gasteiger partial charge in [0, 0.05) is 24.9 Å². The van der Waals surface area contributed by atoms with Gasteiger partial charge in [0.25, 0.3) is 5.91 Å². The largest absolute Gasteiger partial charge is 0.337 e. The Labute approximate surface area is 126 Å². The highest BCUT2D eigenvalue weighted by atomic mass is 32.2. The summed E-state index contributed by atoms with van der Waals surface area (Å²) in [4.78, 5) is 13.5. The third kappa shape index (κ3) is 3.11. The Hall–Kier alpha value is -1.57. The first-order valence-corrected chi connectivity index (χ1v) is 8.69. The molecule has 8 heteroatoms. The van der Waals surface area contributed by atoms with Crippen molar-refractivity contribution in [3.05, 3.63) is 35.1 Å². The van der Waals surface area contributed by atoms with E-state index in [2.05, 4.69) is 0 Å². The molecule has 22 heavy (non-hydrogen) atoms. The fraction of sp³-hybridized carbons (Fsp3) is 0.500. The third-order valence-corrected chi connectivity index (χ3v) is 5.67. The number of hydrogen-bond acceptors (Lipinski definition) is 3. The summed E-state index contributed by atoms with van der Waals surface area (Å²) in [7, 11) is -1.95. The van der Waals surface area contributed by atoms with Crippen LogP contribution < -0.4 is 0 Å². The highest BCUT2D eigenvalue weighted by molar-refractivity contribution is 7.91. The van der Waals surface area contributed by atoms with Crippen LogP contribution >= 0.6 is 0 Å². The average molecular weight is 335 g/mol. The maximum atomic E-state index is 13.2. The predicted molar refractivity (Wildman–Crippen MR) is 74.7 cm³/mol. The zero-order valence-corrected chi connectivity index (χ0v) is 13.0. The molecule has 0 unspecified atom stereocenters. The van der Waals surface area contributed by atoms with Gasteiger partial charge in [-0.3, -0.25) is 4.79 Å². The molecule has 1 aromatic carbocycles. The molecule has 122 valence electrons. The quantitative estimate of drug-likeness (QED) is 0.795. The van der Waals surface area contributed by atoms with E-state index >= 15 is 0 Å². The SMILES string of the molecule is CN(C(=O)c1cc(F)c(F)c(F)c1)[C@@H]1CCC[C@H]1S(C)(=O)=O. The van der Waals surface area contributed by atoms with Crippen LogP contribution in [0.4, 0.5) is 13.2 Å². The number of nitrogens with zero attached hydrogens (tertiary/aromatic N) is 1. The summed E-state index contributed by atoms with van der Waals surface area (Å²) in [6.07, 6.45) is 2.68. The predicted octanol–water partition coefficient (Wildman–Crippen LogP) is 2.14. The van der Waals surface area contributed by atoms with Crippen molar-refractivity contribution in [1.29, 1.82) is 0 Å². The number of amides is 1. The van der Waals surface area contributed by atoms with Gasteiger partial charge in [-0.1, -0.05) is 0 Å². The Morgan fingerprint density at radius 1 is 1.18 bits per heavy atom. The van der Waals surface area contributed by atoms with Crippen molar-refractivity contribution in [2.45, 2.75) is 30.6 Å². The lowest BCUT2D eigenvalue weighted by Crippen LogP contribution is -2.44. The lowest BCUT2D eigenvalue weighted by molar-refractivity contribution is 0.0736. The van der Waals surface area contributed by atoms with Crippen LogP contribution in [0.15, 0.2) is 12.1 Å². The van der Waals surface area contributed by atoms with E-state index in [1.165, 1.54) is 11.9 Å². The standard InChI is InChI=1S/C14H16F3NO3S/c1-18(11-4-3-5-12(11)22(2,20)21)14(19)8-6-9(15)13(17)10(16)7-8/h6-7,11-12H,3-5H2,1-2H3/t11-,12-/m1/s1. The molecule has 0 spiro atoms. The van der Waals surface area contributed by atoms with E-state index in [4.69, 9.17) is 0 Å². The minimum atomic E-state index is -3.34. The summed E-state index contributed by atoms with van der Waals surface area (Å²) >= 11 is 0. The maximum Gasteiger partial charge on any atom is 0.254 e. The maximum absolute atomic E-state index is 13.2. The molecule has 1 saturated carbocycles. The number of halogens is 3. The summed E-state index contributed by atoms with van der Waals surface area (Å²) in [5.41, 5.74) is -0.349. The van der Waals surface area contributed by atoms with E-state index in [-0.39, 0.29) is 5.56 Å². The van der Waals surface area contributed by atoms with Gasteiger partial charge in [-0.2, -0.15) is 0 Å². The molecule has 2 atom stereocenters. The molecule has 0 N–H and O–H groups in total. The molecular weight excluding hydrogens is 319 g/mol. The van der Waals surface area contributed by atoms with Gasteiger partial charge in [0.05, 0.1) is 5.25 Å². The van der Waals surface area contributed by atoms with E-state index < -0.39 is 44.5 Å². The van der Waals surface area contributed by atoms with Crippen LogP contribution in [0.3, 0.4) is 0 Å². The molecule has 1 aliphatic rings. The number of sulfone groups is 1. The fourth-order valence-electron chi connectivity index (χ4n) is 2.88. The van der Waals surface area contributed by atoms with Crippen LogP contribution in [-0.2, 0) is 9.84 Å². The number of carbonyl (C=O) groups excluding carboxylic acids is 1. The van der Waals surface area contributed by atoms with Crippen molar-refractivity contribution in [1.82, 2.24) is 4.90 Å². The molecule has 1 amide bonds. The van der Waals surface area contributed by atoms with Gasteiger partial charge < -0.3 is 4.90 Å². The summed E-state index contributed by atoms with van der Waals surface area (Å²) in [5.74, 6) is -5.29. The van der Waals surface area contributed by atoms with E-state index in [0.29, 0.717) is 31.4 Å².